The summed E-state index contributed by atoms with van der Waals surface area (Å²) in [5.41, 5.74) is 2.47. The fraction of sp³-hybridized carbons (Fsp3) is 0.435. The van der Waals surface area contributed by atoms with Crippen LogP contribution in [0.3, 0.4) is 0 Å². The van der Waals surface area contributed by atoms with Crippen molar-refractivity contribution < 1.29 is 19.0 Å². The molecule has 1 amide bonds. The topological polar surface area (TPSA) is 60.0 Å². The molecule has 2 aromatic rings. The number of ether oxygens (including phenoxy) is 3. The smallest absolute Gasteiger partial charge is 0.257 e. The number of carbonyl (C=O) groups excluding carboxylic acids is 1. The average Bonchev–Trinajstić information content (AvgIpc) is 2.73. The highest BCUT2D eigenvalue weighted by molar-refractivity contribution is 6.01. The van der Waals surface area contributed by atoms with E-state index in [1.54, 1.807) is 14.2 Å². The van der Waals surface area contributed by atoms with Gasteiger partial charge in [0.25, 0.3) is 5.91 Å². The van der Waals surface area contributed by atoms with Crippen molar-refractivity contribution >= 4 is 11.6 Å². The largest absolute Gasteiger partial charge is 0.493 e. The Balaban J connectivity index is 1.92. The molecule has 6 nitrogen and oxygen atoms in total. The maximum Gasteiger partial charge on any atom is 0.257 e. The molecule has 1 aliphatic rings. The van der Waals surface area contributed by atoms with E-state index in [2.05, 4.69) is 19.2 Å². The van der Waals surface area contributed by atoms with Crippen molar-refractivity contribution in [1.82, 2.24) is 4.90 Å². The Morgan fingerprint density at radius 2 is 1.90 bits per heavy atom. The van der Waals surface area contributed by atoms with Crippen molar-refractivity contribution in [2.75, 3.05) is 39.3 Å². The second-order valence-electron chi connectivity index (χ2n) is 7.55. The first-order chi connectivity index (χ1) is 14.0. The van der Waals surface area contributed by atoms with Gasteiger partial charge in [-0.05, 0) is 42.2 Å². The number of hydrogen-bond acceptors (Lipinski definition) is 5. The van der Waals surface area contributed by atoms with E-state index in [4.69, 9.17) is 14.2 Å². The Hall–Kier alpha value is -2.73. The maximum absolute atomic E-state index is 13.2. The summed E-state index contributed by atoms with van der Waals surface area (Å²) in [4.78, 5) is 15.0. The normalized spacial score (nSPS) is 15.8. The molecule has 2 aromatic carbocycles. The van der Waals surface area contributed by atoms with E-state index in [0.29, 0.717) is 42.7 Å². The van der Waals surface area contributed by atoms with E-state index in [0.717, 1.165) is 17.7 Å². The van der Waals surface area contributed by atoms with E-state index in [1.165, 1.54) is 0 Å². The van der Waals surface area contributed by atoms with E-state index < -0.39 is 0 Å². The number of anilines is 1. The molecule has 0 bridgehead atoms. The molecule has 1 heterocycles. The molecule has 3 rings (SSSR count). The second-order valence-corrected chi connectivity index (χ2v) is 7.55. The summed E-state index contributed by atoms with van der Waals surface area (Å²) in [7, 11) is 3.30. The van der Waals surface area contributed by atoms with Gasteiger partial charge in [-0.1, -0.05) is 32.0 Å². The summed E-state index contributed by atoms with van der Waals surface area (Å²) < 4.78 is 16.6. The van der Waals surface area contributed by atoms with Crippen molar-refractivity contribution in [3.63, 3.8) is 0 Å². The molecule has 1 atom stereocenters. The van der Waals surface area contributed by atoms with Crippen LogP contribution in [0.1, 0.15) is 42.4 Å². The van der Waals surface area contributed by atoms with Gasteiger partial charge in [-0.3, -0.25) is 4.79 Å². The first-order valence-electron chi connectivity index (χ1n) is 10.0. The minimum absolute atomic E-state index is 0.0135. The number of para-hydroxylation sites is 1. The first kappa shape index (κ1) is 21.0. The molecule has 0 aromatic heterocycles. The van der Waals surface area contributed by atoms with Gasteiger partial charge >= 0.3 is 0 Å². The summed E-state index contributed by atoms with van der Waals surface area (Å²) in [6.07, 6.45) is 0.470. The SMILES string of the molecule is COCCCN1C(=O)c2ccccc2NC1c1ccc(OCC(C)C)c(OC)c1. The third kappa shape index (κ3) is 4.82. The van der Waals surface area contributed by atoms with Crippen LogP contribution in [0.5, 0.6) is 11.5 Å². The number of benzene rings is 2. The van der Waals surface area contributed by atoms with Gasteiger partial charge in [0.2, 0.25) is 0 Å². The molecule has 0 spiro atoms. The van der Waals surface area contributed by atoms with Crippen LogP contribution in [0.25, 0.3) is 0 Å². The quantitative estimate of drug-likeness (QED) is 0.637. The third-order valence-electron chi connectivity index (χ3n) is 4.85. The first-order valence-corrected chi connectivity index (χ1v) is 10.0. The van der Waals surface area contributed by atoms with Gasteiger partial charge in [0.1, 0.15) is 6.17 Å². The van der Waals surface area contributed by atoms with Gasteiger partial charge in [-0.15, -0.1) is 0 Å². The van der Waals surface area contributed by atoms with Crippen LogP contribution in [0, 0.1) is 5.92 Å². The molecule has 0 aliphatic carbocycles. The van der Waals surface area contributed by atoms with E-state index >= 15 is 0 Å². The number of rotatable bonds is 9. The van der Waals surface area contributed by atoms with Gasteiger partial charge < -0.3 is 24.4 Å². The number of carbonyl (C=O) groups is 1. The van der Waals surface area contributed by atoms with E-state index in [1.807, 2.05) is 47.4 Å². The molecule has 0 saturated heterocycles. The van der Waals surface area contributed by atoms with Crippen molar-refractivity contribution in [3.8, 4) is 11.5 Å². The standard InChI is InChI=1S/C23H30N2O4/c1-16(2)15-29-20-11-10-17(14-21(20)28-4)22-24-19-9-6-5-8-18(19)23(26)25(22)12-7-13-27-3/h5-6,8-11,14,16,22,24H,7,12-13,15H2,1-4H3. The highest BCUT2D eigenvalue weighted by Gasteiger charge is 2.32. The molecule has 6 heteroatoms. The monoisotopic (exact) mass is 398 g/mol. The van der Waals surface area contributed by atoms with Gasteiger partial charge in [0.05, 0.1) is 19.3 Å². The predicted molar refractivity (Wildman–Crippen MR) is 114 cm³/mol. The van der Waals surface area contributed by atoms with E-state index in [-0.39, 0.29) is 12.1 Å². The van der Waals surface area contributed by atoms with Gasteiger partial charge in [0, 0.05) is 25.9 Å². The molecule has 0 fully saturated rings. The Labute approximate surface area is 172 Å². The molecule has 0 saturated carbocycles. The number of methoxy groups -OCH3 is 2. The number of hydrogen-bond donors (Lipinski definition) is 1. The van der Waals surface area contributed by atoms with Gasteiger partial charge in [0.15, 0.2) is 11.5 Å². The highest BCUT2D eigenvalue weighted by Crippen LogP contribution is 2.37. The van der Waals surface area contributed by atoms with Crippen LogP contribution < -0.4 is 14.8 Å². The average molecular weight is 399 g/mol. The van der Waals surface area contributed by atoms with Crippen LogP contribution in [0.15, 0.2) is 42.5 Å². The van der Waals surface area contributed by atoms with Crippen molar-refractivity contribution in [2.24, 2.45) is 5.92 Å². The molecule has 156 valence electrons. The lowest BCUT2D eigenvalue weighted by Crippen LogP contribution is -2.43. The third-order valence-corrected chi connectivity index (χ3v) is 4.85. The molecular weight excluding hydrogens is 368 g/mol. The fourth-order valence-electron chi connectivity index (χ4n) is 3.40. The highest BCUT2D eigenvalue weighted by atomic mass is 16.5. The van der Waals surface area contributed by atoms with Crippen LogP contribution in [-0.4, -0.2) is 44.8 Å². The summed E-state index contributed by atoms with van der Waals surface area (Å²) in [5, 5.41) is 3.51. The Morgan fingerprint density at radius 1 is 1.10 bits per heavy atom. The fourth-order valence-corrected chi connectivity index (χ4v) is 3.40. The van der Waals surface area contributed by atoms with E-state index in [9.17, 15) is 4.79 Å². The summed E-state index contributed by atoms with van der Waals surface area (Å²) >= 11 is 0. The zero-order valence-electron chi connectivity index (χ0n) is 17.6. The van der Waals surface area contributed by atoms with Crippen LogP contribution in [0.4, 0.5) is 5.69 Å². The van der Waals surface area contributed by atoms with Gasteiger partial charge in [-0.2, -0.15) is 0 Å². The predicted octanol–water partition coefficient (Wildman–Crippen LogP) is 4.33. The van der Waals surface area contributed by atoms with Crippen LogP contribution in [0.2, 0.25) is 0 Å². The number of amides is 1. The van der Waals surface area contributed by atoms with Crippen molar-refractivity contribution in [2.45, 2.75) is 26.4 Å². The summed E-state index contributed by atoms with van der Waals surface area (Å²) in [6, 6.07) is 13.4. The molecule has 1 N–H and O–H groups in total. The van der Waals surface area contributed by atoms with Crippen LogP contribution >= 0.6 is 0 Å². The van der Waals surface area contributed by atoms with Crippen LogP contribution in [-0.2, 0) is 4.74 Å². The molecular formula is C23H30N2O4. The number of nitrogens with one attached hydrogen (secondary N) is 1. The zero-order valence-corrected chi connectivity index (χ0v) is 17.6. The maximum atomic E-state index is 13.2. The number of fused-ring (bicyclic) bond motifs is 1. The van der Waals surface area contributed by atoms with Crippen molar-refractivity contribution in [3.05, 3.63) is 53.6 Å². The molecule has 1 unspecified atom stereocenters. The lowest BCUT2D eigenvalue weighted by molar-refractivity contribution is 0.0660. The zero-order chi connectivity index (χ0) is 20.8. The Morgan fingerprint density at radius 3 is 2.62 bits per heavy atom. The minimum atomic E-state index is -0.290. The second kappa shape index (κ2) is 9.65. The number of nitrogens with zero attached hydrogens (tertiary/aromatic N) is 1. The summed E-state index contributed by atoms with van der Waals surface area (Å²) in [6.45, 7) is 6.02. The van der Waals surface area contributed by atoms with Gasteiger partial charge in [-0.25, -0.2) is 0 Å². The molecule has 29 heavy (non-hydrogen) atoms. The summed E-state index contributed by atoms with van der Waals surface area (Å²) in [5.74, 6) is 1.80. The minimum Gasteiger partial charge on any atom is -0.493 e. The molecule has 0 radical (unpaired) electrons. The molecule has 1 aliphatic heterocycles. The lowest BCUT2D eigenvalue weighted by Gasteiger charge is -2.38. The Kier molecular flexibility index (Phi) is 6.99. The Bertz CT molecular complexity index is 837. The van der Waals surface area contributed by atoms with Crippen molar-refractivity contribution in [1.29, 1.82) is 0 Å². The lowest BCUT2D eigenvalue weighted by atomic mass is 10.0.